The van der Waals surface area contributed by atoms with Gasteiger partial charge < -0.3 is 0 Å². The first-order valence-corrected chi connectivity index (χ1v) is 16.3. The Bertz CT molecular complexity index is 2750. The third-order valence-electron chi connectivity index (χ3n) is 10.6. The molecule has 9 aromatic rings. The summed E-state index contributed by atoms with van der Waals surface area (Å²) in [7, 11) is 0. The molecule has 1 spiro atoms. The van der Waals surface area contributed by atoms with Crippen molar-refractivity contribution in [1.29, 1.82) is 0 Å². The van der Waals surface area contributed by atoms with Gasteiger partial charge in [0.25, 0.3) is 0 Å². The van der Waals surface area contributed by atoms with Gasteiger partial charge in [0.15, 0.2) is 5.82 Å². The average Bonchev–Trinajstić information content (AvgIpc) is 3.61. The Morgan fingerprint density at radius 2 is 1.00 bits per heavy atom. The lowest BCUT2D eigenvalue weighted by Crippen LogP contribution is -2.26. The number of rotatable bonds is 2. The Balaban J connectivity index is 1.17. The number of hydrogen-bond acceptors (Lipinski definition) is 2. The van der Waals surface area contributed by atoms with Crippen molar-refractivity contribution in [2.24, 2.45) is 0 Å². The Morgan fingerprint density at radius 3 is 1.83 bits per heavy atom. The van der Waals surface area contributed by atoms with Gasteiger partial charge in [-0.25, -0.2) is 9.97 Å². The summed E-state index contributed by atoms with van der Waals surface area (Å²) in [5, 5.41) is 8.84. The van der Waals surface area contributed by atoms with E-state index in [1.54, 1.807) is 0 Å². The van der Waals surface area contributed by atoms with Crippen molar-refractivity contribution in [3.8, 4) is 33.8 Å². The van der Waals surface area contributed by atoms with E-state index in [4.69, 9.17) is 9.97 Å². The van der Waals surface area contributed by atoms with Gasteiger partial charge in [-0.1, -0.05) is 140 Å². The first kappa shape index (κ1) is 25.1. The monoisotopic (exact) mass is 594 g/mol. The van der Waals surface area contributed by atoms with Crippen molar-refractivity contribution in [2.75, 3.05) is 0 Å². The molecule has 0 bridgehead atoms. The van der Waals surface area contributed by atoms with Gasteiger partial charge >= 0.3 is 0 Å². The van der Waals surface area contributed by atoms with Crippen molar-refractivity contribution in [3.63, 3.8) is 0 Å². The Labute approximate surface area is 271 Å². The molecule has 2 nitrogen and oxygen atoms in total. The van der Waals surface area contributed by atoms with Crippen molar-refractivity contribution in [1.82, 2.24) is 9.97 Å². The van der Waals surface area contributed by atoms with E-state index in [2.05, 4.69) is 158 Å². The first-order valence-electron chi connectivity index (χ1n) is 16.3. The Morgan fingerprint density at radius 1 is 0.383 bits per heavy atom. The standard InChI is InChI=1S/C45H26N2/c1-2-10-30-25-31(22-19-27(30)9-1)43-34-14-4-6-18-40(34)46-44(47-43)32-23-24-37-35(26-32)33-13-3-5-15-36(33)45(37)38-16-7-11-28-20-21-29-12-8-17-39(45)42(29)41(28)38/h1-26H. The molecule has 0 atom stereocenters. The lowest BCUT2D eigenvalue weighted by Gasteiger charge is -2.30. The molecule has 11 rings (SSSR count). The van der Waals surface area contributed by atoms with Crippen LogP contribution in [0.25, 0.3) is 77.0 Å². The maximum atomic E-state index is 5.30. The van der Waals surface area contributed by atoms with E-state index in [-0.39, 0.29) is 5.41 Å². The predicted octanol–water partition coefficient (Wildman–Crippen LogP) is 11.1. The van der Waals surface area contributed by atoms with Crippen LogP contribution in [0.3, 0.4) is 0 Å². The molecule has 0 fully saturated rings. The highest BCUT2D eigenvalue weighted by Gasteiger charge is 2.50. The minimum Gasteiger partial charge on any atom is -0.228 e. The molecule has 47 heavy (non-hydrogen) atoms. The molecule has 0 unspecified atom stereocenters. The van der Waals surface area contributed by atoms with Crippen molar-refractivity contribution < 1.29 is 0 Å². The molecule has 2 heteroatoms. The molecule has 0 saturated carbocycles. The second-order valence-electron chi connectivity index (χ2n) is 12.9. The summed E-state index contributed by atoms with van der Waals surface area (Å²) in [6, 6.07) is 57.6. The van der Waals surface area contributed by atoms with Crippen LogP contribution in [0.5, 0.6) is 0 Å². The third kappa shape index (κ3) is 3.19. The van der Waals surface area contributed by atoms with Gasteiger partial charge in [0, 0.05) is 16.5 Å². The van der Waals surface area contributed by atoms with Crippen LogP contribution in [0, 0.1) is 0 Å². The second kappa shape index (κ2) is 8.99. The van der Waals surface area contributed by atoms with E-state index in [1.165, 1.54) is 65.7 Å². The molecule has 1 aromatic heterocycles. The van der Waals surface area contributed by atoms with Crippen LogP contribution in [-0.4, -0.2) is 9.97 Å². The van der Waals surface area contributed by atoms with E-state index in [0.29, 0.717) is 0 Å². The molecular formula is C45H26N2. The van der Waals surface area contributed by atoms with Gasteiger partial charge in [-0.15, -0.1) is 0 Å². The molecule has 1 heterocycles. The van der Waals surface area contributed by atoms with Gasteiger partial charge in [-0.2, -0.15) is 0 Å². The van der Waals surface area contributed by atoms with Crippen LogP contribution in [-0.2, 0) is 5.41 Å². The topological polar surface area (TPSA) is 25.8 Å². The second-order valence-corrected chi connectivity index (χ2v) is 12.9. The van der Waals surface area contributed by atoms with Crippen molar-refractivity contribution in [2.45, 2.75) is 5.41 Å². The van der Waals surface area contributed by atoms with Crippen LogP contribution in [0.2, 0.25) is 0 Å². The van der Waals surface area contributed by atoms with Crippen LogP contribution in [0.15, 0.2) is 158 Å². The van der Waals surface area contributed by atoms with Crippen LogP contribution < -0.4 is 0 Å². The normalized spacial score (nSPS) is 13.7. The van der Waals surface area contributed by atoms with E-state index in [0.717, 1.165) is 33.5 Å². The number of hydrogen-bond donors (Lipinski definition) is 0. The summed E-state index contributed by atoms with van der Waals surface area (Å²) in [6.07, 6.45) is 0. The molecule has 0 saturated heterocycles. The van der Waals surface area contributed by atoms with E-state index < -0.39 is 0 Å². The number of benzene rings is 8. The molecule has 216 valence electrons. The molecule has 0 aliphatic heterocycles. The summed E-state index contributed by atoms with van der Waals surface area (Å²) in [4.78, 5) is 10.5. The van der Waals surface area contributed by atoms with E-state index in [1.807, 2.05) is 0 Å². The van der Waals surface area contributed by atoms with Gasteiger partial charge in [-0.05, 0) is 83.9 Å². The average molecular weight is 595 g/mol. The lowest BCUT2D eigenvalue weighted by atomic mass is 9.70. The van der Waals surface area contributed by atoms with Crippen LogP contribution in [0.1, 0.15) is 22.3 Å². The highest BCUT2D eigenvalue weighted by molar-refractivity contribution is 6.17. The fraction of sp³-hybridized carbons (Fsp3) is 0.0222. The fourth-order valence-corrected chi connectivity index (χ4v) is 8.69. The molecule has 0 N–H and O–H groups in total. The third-order valence-corrected chi connectivity index (χ3v) is 10.6. The fourth-order valence-electron chi connectivity index (χ4n) is 8.69. The maximum absolute atomic E-state index is 5.30. The predicted molar refractivity (Wildman–Crippen MR) is 194 cm³/mol. The summed E-state index contributed by atoms with van der Waals surface area (Å²) >= 11 is 0. The SMILES string of the molecule is c1ccc2c(c1)-c1cc(-c3nc(-c4ccc5ccccc5c4)c4ccccc4n3)ccc1C21c2cccc3ccc4cccc1c4c23. The molecule has 2 aliphatic rings. The van der Waals surface area contributed by atoms with Gasteiger partial charge in [-0.3, -0.25) is 0 Å². The van der Waals surface area contributed by atoms with E-state index in [9.17, 15) is 0 Å². The summed E-state index contributed by atoms with van der Waals surface area (Å²) < 4.78 is 0. The maximum Gasteiger partial charge on any atom is 0.160 e. The Hall–Kier alpha value is -6.12. The lowest BCUT2D eigenvalue weighted by molar-refractivity contribution is 0.797. The molecule has 2 aliphatic carbocycles. The van der Waals surface area contributed by atoms with Gasteiger partial charge in [0.1, 0.15) is 0 Å². The quantitative estimate of drug-likeness (QED) is 0.186. The first-order chi connectivity index (χ1) is 23.3. The van der Waals surface area contributed by atoms with Gasteiger partial charge in [0.2, 0.25) is 0 Å². The molecular weight excluding hydrogens is 569 g/mol. The van der Waals surface area contributed by atoms with E-state index >= 15 is 0 Å². The molecule has 0 amide bonds. The summed E-state index contributed by atoms with van der Waals surface area (Å²) in [5.74, 6) is 0.743. The number of fused-ring (bicyclic) bond motifs is 9. The zero-order valence-electron chi connectivity index (χ0n) is 25.4. The summed E-state index contributed by atoms with van der Waals surface area (Å²) in [5.41, 5.74) is 11.6. The summed E-state index contributed by atoms with van der Waals surface area (Å²) in [6.45, 7) is 0. The van der Waals surface area contributed by atoms with Gasteiger partial charge in [0.05, 0.1) is 16.6 Å². The number of aromatic nitrogens is 2. The highest BCUT2D eigenvalue weighted by Crippen LogP contribution is 2.62. The molecule has 8 aromatic carbocycles. The number of para-hydroxylation sites is 1. The zero-order valence-corrected chi connectivity index (χ0v) is 25.4. The number of nitrogens with zero attached hydrogens (tertiary/aromatic N) is 2. The van der Waals surface area contributed by atoms with Crippen molar-refractivity contribution >= 4 is 43.2 Å². The zero-order chi connectivity index (χ0) is 30.7. The van der Waals surface area contributed by atoms with Crippen LogP contribution >= 0.6 is 0 Å². The minimum absolute atomic E-state index is 0.367. The minimum atomic E-state index is -0.367. The highest BCUT2D eigenvalue weighted by atomic mass is 14.9. The van der Waals surface area contributed by atoms with Crippen LogP contribution in [0.4, 0.5) is 0 Å². The largest absolute Gasteiger partial charge is 0.228 e. The Kier molecular flexibility index (Phi) is 4.80. The smallest absolute Gasteiger partial charge is 0.160 e. The van der Waals surface area contributed by atoms with Crippen molar-refractivity contribution in [3.05, 3.63) is 180 Å². The molecule has 0 radical (unpaired) electrons.